The zero-order valence-corrected chi connectivity index (χ0v) is 9.42. The molecular weight excluding hydrogens is 210 g/mol. The maximum atomic E-state index is 6.63. The summed E-state index contributed by atoms with van der Waals surface area (Å²) in [6.07, 6.45) is 0. The molecule has 0 radical (unpaired) electrons. The first kappa shape index (κ1) is 11.5. The van der Waals surface area contributed by atoms with Crippen LogP contribution in [0.2, 0.25) is 5.02 Å². The van der Waals surface area contributed by atoms with Crippen molar-refractivity contribution in [3.63, 3.8) is 0 Å². The van der Waals surface area contributed by atoms with Crippen molar-refractivity contribution in [2.24, 2.45) is 4.99 Å². The predicted octanol–water partition coefficient (Wildman–Crippen LogP) is 3.24. The van der Waals surface area contributed by atoms with Crippen LogP contribution in [0.3, 0.4) is 0 Å². The lowest BCUT2D eigenvalue weighted by Crippen LogP contribution is -2.11. The van der Waals surface area contributed by atoms with Crippen molar-refractivity contribution < 1.29 is 0 Å². The van der Waals surface area contributed by atoms with Crippen LogP contribution in [-0.4, -0.2) is 5.84 Å². The maximum absolute atomic E-state index is 6.63. The van der Waals surface area contributed by atoms with E-state index in [1.165, 1.54) is 0 Å². The second kappa shape index (κ2) is 5.38. The second-order valence-corrected chi connectivity index (χ2v) is 3.60. The maximum Gasteiger partial charge on any atom is 0.167 e. The summed E-state index contributed by atoms with van der Waals surface area (Å²) in [5.74, 6) is 0.618. The molecule has 0 bridgehead atoms. The molecule has 0 heterocycles. The summed E-state index contributed by atoms with van der Waals surface area (Å²) in [6, 6.07) is 7.56. The third kappa shape index (κ3) is 3.61. The first-order valence-corrected chi connectivity index (χ1v) is 4.93. The van der Waals surface area contributed by atoms with E-state index in [0.29, 0.717) is 10.9 Å². The van der Waals surface area contributed by atoms with Gasteiger partial charge in [0.25, 0.3) is 0 Å². The minimum atomic E-state index is 0.0246. The van der Waals surface area contributed by atoms with E-state index in [9.17, 15) is 0 Å². The number of benzene rings is 1. The largest absolute Gasteiger partial charge is 0.259 e. The number of nitrogens with one attached hydrogen (secondary N) is 1. The normalized spacial score (nSPS) is 13.1. The fourth-order valence-corrected chi connectivity index (χ4v) is 1.34. The van der Waals surface area contributed by atoms with Gasteiger partial charge in [0.15, 0.2) is 5.84 Å². The molecule has 1 aromatic rings. The van der Waals surface area contributed by atoms with E-state index < -0.39 is 0 Å². The first-order chi connectivity index (χ1) is 7.13. The van der Waals surface area contributed by atoms with Crippen molar-refractivity contribution in [3.05, 3.63) is 46.4 Å². The van der Waals surface area contributed by atoms with E-state index in [1.807, 2.05) is 31.2 Å². The number of aliphatic imine (C=N–C) groups is 1. The van der Waals surface area contributed by atoms with E-state index >= 15 is 0 Å². The molecule has 1 atom stereocenters. The summed E-state index contributed by atoms with van der Waals surface area (Å²) in [5, 5.41) is 0.714. The highest BCUT2D eigenvalue weighted by atomic mass is 35.5. The average molecular weight is 222 g/mol. The summed E-state index contributed by atoms with van der Waals surface area (Å²) in [4.78, 5) is 7.36. The van der Waals surface area contributed by atoms with E-state index in [2.05, 4.69) is 15.4 Å². The molecular formula is C11H12ClN3. The van der Waals surface area contributed by atoms with E-state index in [-0.39, 0.29) is 6.04 Å². The standard InChI is InChI=1S/C11H12ClN3/c1-8(14-9(2)15-13-3)10-4-6-11(12)7-5-10/h4-8H,1-2H3,(H,14,15). The van der Waals surface area contributed by atoms with Crippen molar-refractivity contribution in [2.75, 3.05) is 0 Å². The SMILES string of the molecule is [C-]#[N+]NC(C)=NC(C)c1ccc(Cl)cc1. The molecule has 1 unspecified atom stereocenters. The monoisotopic (exact) mass is 221 g/mol. The van der Waals surface area contributed by atoms with Gasteiger partial charge in [-0.2, -0.15) is 11.5 Å². The molecule has 0 amide bonds. The Morgan fingerprint density at radius 1 is 1.47 bits per heavy atom. The number of nitrogens with zero attached hydrogens (tertiary/aromatic N) is 2. The van der Waals surface area contributed by atoms with Gasteiger partial charge in [0.1, 0.15) is 0 Å². The average Bonchev–Trinajstić information content (AvgIpc) is 2.18. The van der Waals surface area contributed by atoms with Crippen molar-refractivity contribution in [3.8, 4) is 0 Å². The van der Waals surface area contributed by atoms with Crippen LogP contribution in [-0.2, 0) is 0 Å². The first-order valence-electron chi connectivity index (χ1n) is 4.56. The van der Waals surface area contributed by atoms with E-state index in [0.717, 1.165) is 5.56 Å². The zero-order chi connectivity index (χ0) is 11.3. The predicted molar refractivity (Wildman–Crippen MR) is 62.7 cm³/mol. The smallest absolute Gasteiger partial charge is 0.167 e. The Kier molecular flexibility index (Phi) is 4.14. The molecule has 1 rings (SSSR count). The Bertz CT molecular complexity index is 389. The number of amidine groups is 1. The molecule has 78 valence electrons. The summed E-state index contributed by atoms with van der Waals surface area (Å²) in [7, 11) is 0. The van der Waals surface area contributed by atoms with Gasteiger partial charge in [-0.1, -0.05) is 29.2 Å². The lowest BCUT2D eigenvalue weighted by atomic mass is 10.1. The van der Waals surface area contributed by atoms with Gasteiger partial charge < -0.3 is 0 Å². The van der Waals surface area contributed by atoms with Gasteiger partial charge in [0.05, 0.1) is 6.04 Å². The summed E-state index contributed by atoms with van der Waals surface area (Å²) >= 11 is 5.78. The highest BCUT2D eigenvalue weighted by Crippen LogP contribution is 2.18. The highest BCUT2D eigenvalue weighted by Gasteiger charge is 2.04. The Morgan fingerprint density at radius 2 is 2.07 bits per heavy atom. The number of rotatable bonds is 2. The van der Waals surface area contributed by atoms with Crippen LogP contribution in [0.1, 0.15) is 25.5 Å². The molecule has 0 saturated carbocycles. The third-order valence-electron chi connectivity index (χ3n) is 1.96. The Labute approximate surface area is 94.6 Å². The number of halogens is 1. The van der Waals surface area contributed by atoms with Gasteiger partial charge in [0, 0.05) is 5.02 Å². The van der Waals surface area contributed by atoms with Gasteiger partial charge in [-0.25, -0.2) is 0 Å². The molecule has 0 spiro atoms. The van der Waals surface area contributed by atoms with Gasteiger partial charge in [-0.05, 0) is 31.5 Å². The summed E-state index contributed by atoms with van der Waals surface area (Å²) in [6.45, 7) is 10.4. The van der Waals surface area contributed by atoms with E-state index in [1.54, 1.807) is 6.92 Å². The molecule has 0 fully saturated rings. The lowest BCUT2D eigenvalue weighted by Gasteiger charge is -2.06. The minimum Gasteiger partial charge on any atom is -0.259 e. The highest BCUT2D eigenvalue weighted by molar-refractivity contribution is 6.30. The molecule has 3 nitrogen and oxygen atoms in total. The van der Waals surface area contributed by atoms with Gasteiger partial charge in [0.2, 0.25) is 0 Å². The Morgan fingerprint density at radius 3 is 2.60 bits per heavy atom. The summed E-state index contributed by atoms with van der Waals surface area (Å²) in [5.41, 5.74) is 3.55. The molecule has 15 heavy (non-hydrogen) atoms. The number of hydrogen-bond donors (Lipinski definition) is 1. The molecule has 4 heteroatoms. The molecule has 0 aliphatic rings. The molecule has 1 aromatic carbocycles. The Hall–Kier alpha value is -1.53. The van der Waals surface area contributed by atoms with Crippen LogP contribution in [0.25, 0.3) is 4.95 Å². The summed E-state index contributed by atoms with van der Waals surface area (Å²) < 4.78 is 0. The zero-order valence-electron chi connectivity index (χ0n) is 8.66. The van der Waals surface area contributed by atoms with Crippen LogP contribution in [0, 0.1) is 6.57 Å². The van der Waals surface area contributed by atoms with Crippen molar-refractivity contribution in [1.82, 2.24) is 5.43 Å². The lowest BCUT2D eigenvalue weighted by molar-refractivity contribution is 0.812. The van der Waals surface area contributed by atoms with Gasteiger partial charge in [-0.3, -0.25) is 4.99 Å². The second-order valence-electron chi connectivity index (χ2n) is 3.17. The minimum absolute atomic E-state index is 0.0246. The van der Waals surface area contributed by atoms with Crippen LogP contribution in [0.15, 0.2) is 29.3 Å². The van der Waals surface area contributed by atoms with Crippen LogP contribution >= 0.6 is 11.6 Å². The number of hydrogen-bond acceptors (Lipinski definition) is 1. The van der Waals surface area contributed by atoms with Crippen LogP contribution in [0.4, 0.5) is 0 Å². The van der Waals surface area contributed by atoms with Crippen molar-refractivity contribution in [1.29, 1.82) is 0 Å². The fourth-order valence-electron chi connectivity index (χ4n) is 1.22. The van der Waals surface area contributed by atoms with Crippen molar-refractivity contribution in [2.45, 2.75) is 19.9 Å². The topological polar surface area (TPSA) is 28.8 Å². The van der Waals surface area contributed by atoms with Crippen molar-refractivity contribution >= 4 is 17.4 Å². The molecule has 0 aliphatic carbocycles. The molecule has 0 aliphatic heterocycles. The third-order valence-corrected chi connectivity index (χ3v) is 2.21. The van der Waals surface area contributed by atoms with Gasteiger partial charge in [-0.15, -0.1) is 0 Å². The quantitative estimate of drug-likeness (QED) is 0.353. The van der Waals surface area contributed by atoms with Crippen LogP contribution < -0.4 is 5.43 Å². The fraction of sp³-hybridized carbons (Fsp3) is 0.273. The molecule has 1 N–H and O–H groups in total. The Balaban J connectivity index is 2.77. The van der Waals surface area contributed by atoms with Crippen LogP contribution in [0.5, 0.6) is 0 Å². The van der Waals surface area contributed by atoms with Gasteiger partial charge >= 0.3 is 0 Å². The van der Waals surface area contributed by atoms with E-state index in [4.69, 9.17) is 18.2 Å². The molecule has 0 aromatic heterocycles. The molecule has 0 saturated heterocycles.